The Morgan fingerprint density at radius 2 is 2.13 bits per heavy atom. The number of hydrogen-bond acceptors (Lipinski definition) is 7. The zero-order valence-electron chi connectivity index (χ0n) is 15.4. The number of nitriles is 1. The highest BCUT2D eigenvalue weighted by Gasteiger charge is 2.22. The quantitative estimate of drug-likeness (QED) is 0.611. The second-order valence-electron chi connectivity index (χ2n) is 6.56. The van der Waals surface area contributed by atoms with Gasteiger partial charge in [-0.3, -0.25) is 0 Å². The van der Waals surface area contributed by atoms with Crippen LogP contribution in [0.25, 0.3) is 0 Å². The van der Waals surface area contributed by atoms with E-state index in [-0.39, 0.29) is 5.82 Å². The maximum absolute atomic E-state index is 13.9. The summed E-state index contributed by atoms with van der Waals surface area (Å²) < 4.78 is 13.9. The highest BCUT2D eigenvalue weighted by atomic mass is 35.5. The van der Waals surface area contributed by atoms with E-state index in [1.807, 2.05) is 12.1 Å². The molecule has 0 radical (unpaired) electrons. The molecule has 8 nitrogen and oxygen atoms in total. The third-order valence-corrected chi connectivity index (χ3v) is 5.08. The fourth-order valence-corrected chi connectivity index (χ4v) is 3.48. The van der Waals surface area contributed by atoms with Crippen LogP contribution < -0.4 is 10.2 Å². The smallest absolute Gasteiger partial charge is 0.340 e. The summed E-state index contributed by atoms with van der Waals surface area (Å²) in [6.45, 7) is 1.17. The Kier molecular flexibility index (Phi) is 5.16. The van der Waals surface area contributed by atoms with Crippen LogP contribution >= 0.6 is 11.6 Å². The Hall–Kier alpha value is -3.77. The summed E-state index contributed by atoms with van der Waals surface area (Å²) in [5.41, 5.74) is 2.47. The number of aromatic nitrogens is 3. The largest absolute Gasteiger partial charge is 0.478 e. The third-order valence-electron chi connectivity index (χ3n) is 4.77. The second kappa shape index (κ2) is 7.93. The van der Waals surface area contributed by atoms with Crippen molar-refractivity contribution in [2.75, 3.05) is 16.8 Å². The van der Waals surface area contributed by atoms with Crippen LogP contribution in [0.4, 0.5) is 21.7 Å². The molecule has 1 aliphatic heterocycles. The van der Waals surface area contributed by atoms with Crippen LogP contribution in [0.5, 0.6) is 0 Å². The lowest BCUT2D eigenvalue weighted by atomic mass is 10.0. The first kappa shape index (κ1) is 19.5. The van der Waals surface area contributed by atoms with Crippen molar-refractivity contribution in [2.24, 2.45) is 0 Å². The summed E-state index contributed by atoms with van der Waals surface area (Å²) in [7, 11) is 0. The number of nitrogens with zero attached hydrogens (tertiary/aromatic N) is 5. The minimum atomic E-state index is -1.38. The molecule has 0 bridgehead atoms. The number of hydrogen-bond donors (Lipinski definition) is 2. The molecule has 0 amide bonds. The molecule has 10 heteroatoms. The fourth-order valence-electron chi connectivity index (χ4n) is 3.26. The lowest BCUT2D eigenvalue weighted by Crippen LogP contribution is -2.31. The van der Waals surface area contributed by atoms with Gasteiger partial charge in [0.15, 0.2) is 0 Å². The van der Waals surface area contributed by atoms with Crippen molar-refractivity contribution in [3.05, 3.63) is 70.0 Å². The highest BCUT2D eigenvalue weighted by Crippen LogP contribution is 2.30. The number of pyridine rings is 1. The number of fused-ring (bicyclic) bond motifs is 1. The molecule has 0 unspecified atom stereocenters. The van der Waals surface area contributed by atoms with Crippen molar-refractivity contribution < 1.29 is 14.3 Å². The number of nitrogens with one attached hydrogen (secondary N) is 1. The number of carboxylic acid groups (broad SMARTS) is 1. The number of halogens is 2. The van der Waals surface area contributed by atoms with E-state index < -0.39 is 17.5 Å². The summed E-state index contributed by atoms with van der Waals surface area (Å²) in [6, 6.07) is 9.85. The molecule has 0 fully saturated rings. The molecular weight excluding hydrogens is 411 g/mol. The SMILES string of the molecule is N#Cc1ccc(N2CCc3c(ncnc3Nc3ccc(C(=O)O)c(F)n3)C2)cc1Cl. The molecule has 0 saturated carbocycles. The molecule has 4 rings (SSSR count). The van der Waals surface area contributed by atoms with Crippen molar-refractivity contribution in [3.8, 4) is 6.07 Å². The number of carbonyl (C=O) groups is 1. The Morgan fingerprint density at radius 3 is 2.83 bits per heavy atom. The number of aromatic carboxylic acids is 1. The second-order valence-corrected chi connectivity index (χ2v) is 6.97. The molecule has 150 valence electrons. The van der Waals surface area contributed by atoms with Gasteiger partial charge in [0.05, 0.1) is 22.8 Å². The molecule has 0 atom stereocenters. The summed E-state index contributed by atoms with van der Waals surface area (Å²) in [5.74, 6) is -1.81. The molecule has 1 aromatic carbocycles. The maximum Gasteiger partial charge on any atom is 0.340 e. The van der Waals surface area contributed by atoms with E-state index in [4.69, 9.17) is 22.0 Å². The van der Waals surface area contributed by atoms with Crippen LogP contribution in [0.2, 0.25) is 5.02 Å². The molecule has 2 aromatic heterocycles. The standard InChI is InChI=1S/C20H14ClFN6O2/c21-15-7-12(2-1-11(15)8-23)28-6-5-13-16(9-28)24-10-25-19(13)27-17-4-3-14(20(29)30)18(22)26-17/h1-4,7,10H,5-6,9H2,(H,29,30)(H,24,25,26,27). The van der Waals surface area contributed by atoms with Crippen molar-refractivity contribution in [1.82, 2.24) is 15.0 Å². The van der Waals surface area contributed by atoms with Crippen LogP contribution in [-0.4, -0.2) is 32.6 Å². The van der Waals surface area contributed by atoms with E-state index >= 15 is 0 Å². The molecule has 0 saturated heterocycles. The predicted molar refractivity (Wildman–Crippen MR) is 107 cm³/mol. The Balaban J connectivity index is 1.57. The zero-order chi connectivity index (χ0) is 21.3. The topological polar surface area (TPSA) is 115 Å². The van der Waals surface area contributed by atoms with Crippen LogP contribution in [0.1, 0.15) is 27.2 Å². The molecule has 1 aliphatic rings. The normalized spacial score (nSPS) is 12.8. The van der Waals surface area contributed by atoms with Crippen LogP contribution in [-0.2, 0) is 13.0 Å². The maximum atomic E-state index is 13.9. The lowest BCUT2D eigenvalue weighted by molar-refractivity contribution is 0.0691. The van der Waals surface area contributed by atoms with Gasteiger partial charge in [0, 0.05) is 17.8 Å². The van der Waals surface area contributed by atoms with E-state index in [0.29, 0.717) is 35.9 Å². The minimum Gasteiger partial charge on any atom is -0.478 e. The van der Waals surface area contributed by atoms with Crippen LogP contribution in [0, 0.1) is 17.3 Å². The number of anilines is 3. The first-order valence-electron chi connectivity index (χ1n) is 8.90. The van der Waals surface area contributed by atoms with E-state index in [2.05, 4.69) is 25.2 Å². The first-order valence-corrected chi connectivity index (χ1v) is 9.28. The highest BCUT2D eigenvalue weighted by molar-refractivity contribution is 6.32. The fraction of sp³-hybridized carbons (Fsp3) is 0.150. The molecule has 2 N–H and O–H groups in total. The average Bonchev–Trinajstić information content (AvgIpc) is 2.73. The molecule has 30 heavy (non-hydrogen) atoms. The monoisotopic (exact) mass is 424 g/mol. The van der Waals surface area contributed by atoms with Gasteiger partial charge >= 0.3 is 5.97 Å². The zero-order valence-corrected chi connectivity index (χ0v) is 16.2. The van der Waals surface area contributed by atoms with Gasteiger partial charge in [-0.15, -0.1) is 0 Å². The van der Waals surface area contributed by atoms with E-state index in [1.165, 1.54) is 12.4 Å². The Labute approximate surface area is 175 Å². The van der Waals surface area contributed by atoms with Gasteiger partial charge in [0.1, 0.15) is 29.6 Å². The number of carboxylic acids is 1. The summed E-state index contributed by atoms with van der Waals surface area (Å²) >= 11 is 6.15. The first-order chi connectivity index (χ1) is 14.5. The predicted octanol–water partition coefficient (Wildman–Crippen LogP) is 3.54. The molecule has 3 aromatic rings. The van der Waals surface area contributed by atoms with Gasteiger partial charge in [0.25, 0.3) is 0 Å². The van der Waals surface area contributed by atoms with Gasteiger partial charge in [-0.05, 0) is 36.8 Å². The molecule has 3 heterocycles. The van der Waals surface area contributed by atoms with Crippen LogP contribution in [0.3, 0.4) is 0 Å². The van der Waals surface area contributed by atoms with Crippen molar-refractivity contribution in [1.29, 1.82) is 5.26 Å². The molecule has 0 spiro atoms. The summed E-state index contributed by atoms with van der Waals surface area (Å²) in [4.78, 5) is 25.3. The van der Waals surface area contributed by atoms with Crippen molar-refractivity contribution >= 4 is 34.9 Å². The molecular formula is C20H14ClFN6O2. The van der Waals surface area contributed by atoms with E-state index in [0.717, 1.165) is 23.0 Å². The number of rotatable bonds is 4. The minimum absolute atomic E-state index is 0.153. The lowest BCUT2D eigenvalue weighted by Gasteiger charge is -2.30. The van der Waals surface area contributed by atoms with Gasteiger partial charge < -0.3 is 15.3 Å². The average molecular weight is 425 g/mol. The van der Waals surface area contributed by atoms with Gasteiger partial charge in [-0.25, -0.2) is 19.7 Å². The Morgan fingerprint density at radius 1 is 1.30 bits per heavy atom. The van der Waals surface area contributed by atoms with Crippen molar-refractivity contribution in [2.45, 2.75) is 13.0 Å². The van der Waals surface area contributed by atoms with Crippen LogP contribution in [0.15, 0.2) is 36.7 Å². The van der Waals surface area contributed by atoms with E-state index in [9.17, 15) is 9.18 Å². The third kappa shape index (κ3) is 3.73. The Bertz CT molecular complexity index is 1200. The number of benzene rings is 1. The molecule has 0 aliphatic carbocycles. The van der Waals surface area contributed by atoms with Gasteiger partial charge in [0.2, 0.25) is 5.95 Å². The van der Waals surface area contributed by atoms with E-state index in [1.54, 1.807) is 12.1 Å². The summed E-state index contributed by atoms with van der Waals surface area (Å²) in [5, 5.41) is 21.3. The van der Waals surface area contributed by atoms with Gasteiger partial charge in [-0.2, -0.15) is 9.65 Å². The van der Waals surface area contributed by atoms with Crippen molar-refractivity contribution in [3.63, 3.8) is 0 Å². The summed E-state index contributed by atoms with van der Waals surface area (Å²) in [6.07, 6.45) is 2.02. The van der Waals surface area contributed by atoms with Gasteiger partial charge in [-0.1, -0.05) is 11.6 Å².